The molecule has 9 nitrogen and oxygen atoms in total. The highest BCUT2D eigenvalue weighted by Gasteiger charge is 2.27. The van der Waals surface area contributed by atoms with Crippen LogP contribution in [0.25, 0.3) is 0 Å². The molecule has 0 spiro atoms. The molecule has 0 atom stereocenters. The van der Waals surface area contributed by atoms with Crippen molar-refractivity contribution in [2.45, 2.75) is 17.2 Å². The summed E-state index contributed by atoms with van der Waals surface area (Å²) < 4.78 is 45.7. The molecule has 0 fully saturated rings. The van der Waals surface area contributed by atoms with Crippen LogP contribution >= 0.6 is 11.3 Å². The average Bonchev–Trinajstić information content (AvgIpc) is 3.38. The van der Waals surface area contributed by atoms with E-state index in [4.69, 9.17) is 10.5 Å². The molecular formula is C19H19FN4O5S2. The molecule has 0 saturated heterocycles. The molecule has 1 amide bonds. The summed E-state index contributed by atoms with van der Waals surface area (Å²) in [6.07, 6.45) is 1.19. The van der Waals surface area contributed by atoms with Crippen molar-refractivity contribution in [2.75, 3.05) is 14.2 Å². The van der Waals surface area contributed by atoms with Crippen LogP contribution in [0.5, 0.6) is 5.75 Å². The predicted octanol–water partition coefficient (Wildman–Crippen LogP) is 1.96. The second-order valence-electron chi connectivity index (χ2n) is 6.57. The van der Waals surface area contributed by atoms with Gasteiger partial charge < -0.3 is 10.5 Å². The van der Waals surface area contributed by atoms with Crippen molar-refractivity contribution in [1.29, 1.82) is 0 Å². The van der Waals surface area contributed by atoms with Crippen molar-refractivity contribution < 1.29 is 27.1 Å². The van der Waals surface area contributed by atoms with Crippen LogP contribution in [0, 0.1) is 5.82 Å². The summed E-state index contributed by atoms with van der Waals surface area (Å²) in [6, 6.07) is 6.76. The van der Waals surface area contributed by atoms with E-state index in [9.17, 15) is 22.4 Å². The van der Waals surface area contributed by atoms with Crippen LogP contribution < -0.4 is 10.5 Å². The number of rotatable bonds is 9. The van der Waals surface area contributed by atoms with E-state index in [0.717, 1.165) is 21.7 Å². The third-order valence-corrected chi connectivity index (χ3v) is 7.85. The number of methoxy groups -OCH3 is 1. The van der Waals surface area contributed by atoms with Crippen molar-refractivity contribution in [2.24, 2.45) is 5.73 Å². The molecule has 0 unspecified atom stereocenters. The molecule has 2 aromatic heterocycles. The Bertz CT molecular complexity index is 1220. The average molecular weight is 467 g/mol. The fourth-order valence-corrected chi connectivity index (χ4v) is 5.72. The molecule has 0 saturated carbocycles. The van der Waals surface area contributed by atoms with E-state index in [1.165, 1.54) is 38.6 Å². The van der Waals surface area contributed by atoms with Crippen molar-refractivity contribution in [3.05, 3.63) is 64.0 Å². The fraction of sp³-hybridized carbons (Fsp3) is 0.211. The van der Waals surface area contributed by atoms with Gasteiger partial charge in [-0.1, -0.05) is 6.07 Å². The van der Waals surface area contributed by atoms with E-state index < -0.39 is 21.7 Å². The number of carbonyl (C=O) groups excluding carboxylic acids is 2. The van der Waals surface area contributed by atoms with Crippen LogP contribution in [0.1, 0.15) is 31.3 Å². The lowest BCUT2D eigenvalue weighted by Crippen LogP contribution is -2.26. The monoisotopic (exact) mass is 466 g/mol. The Morgan fingerprint density at radius 1 is 1.29 bits per heavy atom. The number of aromatic nitrogens is 2. The number of hydrogen-bond donors (Lipinski definition) is 2. The van der Waals surface area contributed by atoms with Gasteiger partial charge in [0.25, 0.3) is 10.0 Å². The second kappa shape index (κ2) is 8.96. The maximum atomic E-state index is 13.9. The maximum Gasteiger partial charge on any atom is 0.252 e. The van der Waals surface area contributed by atoms with E-state index in [2.05, 4.69) is 10.2 Å². The number of ether oxygens (including phenoxy) is 1. The number of sulfonamides is 1. The summed E-state index contributed by atoms with van der Waals surface area (Å²) in [7, 11) is -1.37. The Hall–Kier alpha value is -3.09. The highest BCUT2D eigenvalue weighted by atomic mass is 32.2. The molecule has 3 aromatic rings. The number of ketones is 1. The first kappa shape index (κ1) is 22.6. The van der Waals surface area contributed by atoms with Gasteiger partial charge in [0.2, 0.25) is 5.91 Å². The van der Waals surface area contributed by atoms with Crippen molar-refractivity contribution >= 4 is 33.1 Å². The zero-order valence-corrected chi connectivity index (χ0v) is 18.2. The topological polar surface area (TPSA) is 135 Å². The summed E-state index contributed by atoms with van der Waals surface area (Å²) >= 11 is 0.789. The van der Waals surface area contributed by atoms with Crippen molar-refractivity contribution in [1.82, 2.24) is 14.5 Å². The summed E-state index contributed by atoms with van der Waals surface area (Å²) in [6.45, 7) is -0.116. The molecular weight excluding hydrogens is 447 g/mol. The van der Waals surface area contributed by atoms with E-state index >= 15 is 0 Å². The number of halogens is 1. The normalized spacial score (nSPS) is 11.6. The quantitative estimate of drug-likeness (QED) is 0.463. The molecule has 0 aliphatic carbocycles. The largest absolute Gasteiger partial charge is 0.494 e. The molecule has 0 radical (unpaired) electrons. The van der Waals surface area contributed by atoms with Crippen LogP contribution in [0.15, 0.2) is 40.7 Å². The molecule has 12 heteroatoms. The Labute approximate surface area is 181 Å². The molecule has 3 rings (SSSR count). The number of thiophene rings is 1. The van der Waals surface area contributed by atoms with Crippen molar-refractivity contribution in [3.63, 3.8) is 0 Å². The zero-order chi connectivity index (χ0) is 22.8. The summed E-state index contributed by atoms with van der Waals surface area (Å²) in [4.78, 5) is 24.4. The van der Waals surface area contributed by atoms with Gasteiger partial charge in [-0.3, -0.25) is 14.7 Å². The number of nitrogens with zero attached hydrogens (tertiary/aromatic N) is 2. The fourth-order valence-electron chi connectivity index (χ4n) is 2.83. The van der Waals surface area contributed by atoms with Crippen LogP contribution in [0.2, 0.25) is 0 Å². The summed E-state index contributed by atoms with van der Waals surface area (Å²) in [5.74, 6) is -1.78. The minimum Gasteiger partial charge on any atom is -0.494 e. The Kier molecular flexibility index (Phi) is 6.53. The first-order valence-electron chi connectivity index (χ1n) is 8.87. The number of nitrogens with two attached hydrogens (primary N) is 1. The van der Waals surface area contributed by atoms with E-state index in [1.807, 2.05) is 0 Å². The molecule has 0 bridgehead atoms. The van der Waals surface area contributed by atoms with Gasteiger partial charge in [-0.05, 0) is 29.8 Å². The molecule has 0 aliphatic heterocycles. The maximum absolute atomic E-state index is 13.9. The molecule has 164 valence electrons. The van der Waals surface area contributed by atoms with Gasteiger partial charge in [0.05, 0.1) is 12.7 Å². The highest BCUT2D eigenvalue weighted by Crippen LogP contribution is 2.30. The SMILES string of the molecule is COc1ccc(CN(C)S(=O)(=O)c2cc(C(N)=O)c(CC(=O)c3ccn[nH]3)s2)cc1F. The van der Waals surface area contributed by atoms with Gasteiger partial charge in [0.1, 0.15) is 9.90 Å². The Balaban J connectivity index is 1.87. The van der Waals surface area contributed by atoms with Gasteiger partial charge in [0, 0.05) is 31.1 Å². The lowest BCUT2D eigenvalue weighted by molar-refractivity contribution is 0.0988. The van der Waals surface area contributed by atoms with Crippen molar-refractivity contribution in [3.8, 4) is 5.75 Å². The predicted molar refractivity (Wildman–Crippen MR) is 111 cm³/mol. The zero-order valence-electron chi connectivity index (χ0n) is 16.6. The number of Topliss-reactive ketones (excluding diaryl/α,β-unsaturated/α-hetero) is 1. The number of amides is 1. The minimum atomic E-state index is -4.03. The van der Waals surface area contributed by atoms with E-state index in [-0.39, 0.29) is 44.8 Å². The lowest BCUT2D eigenvalue weighted by atomic mass is 10.1. The highest BCUT2D eigenvalue weighted by molar-refractivity contribution is 7.91. The second-order valence-corrected chi connectivity index (χ2v) is 9.98. The number of benzene rings is 1. The minimum absolute atomic E-state index is 0.0414. The molecule has 2 heterocycles. The molecule has 1 aromatic carbocycles. The van der Waals surface area contributed by atoms with Crippen LogP contribution in [-0.2, 0) is 23.0 Å². The molecule has 0 aliphatic rings. The molecule has 31 heavy (non-hydrogen) atoms. The number of primary amides is 1. The standard InChI is InChI=1S/C19H19FN4O5S2/c1-24(10-11-3-4-16(29-2)13(20)7-11)31(27,28)18-8-12(19(21)26)17(30-18)9-15(25)14-5-6-22-23-14/h3-8H,9-10H2,1-2H3,(H2,21,26)(H,22,23). The lowest BCUT2D eigenvalue weighted by Gasteiger charge is -2.16. The van der Waals surface area contributed by atoms with E-state index in [1.54, 1.807) is 6.07 Å². The third-order valence-electron chi connectivity index (χ3n) is 4.46. The van der Waals surface area contributed by atoms with Gasteiger partial charge in [-0.25, -0.2) is 12.8 Å². The number of hydrogen-bond acceptors (Lipinski definition) is 7. The van der Waals surface area contributed by atoms with Gasteiger partial charge in [0.15, 0.2) is 17.3 Å². The number of carbonyl (C=O) groups is 2. The first-order valence-corrected chi connectivity index (χ1v) is 11.1. The number of aromatic amines is 1. The van der Waals surface area contributed by atoms with Crippen LogP contribution in [0.3, 0.4) is 0 Å². The molecule has 3 N–H and O–H groups in total. The van der Waals surface area contributed by atoms with Crippen LogP contribution in [-0.4, -0.2) is 48.8 Å². The van der Waals surface area contributed by atoms with Gasteiger partial charge in [-0.15, -0.1) is 11.3 Å². The van der Waals surface area contributed by atoms with E-state index in [0.29, 0.717) is 5.56 Å². The van der Waals surface area contributed by atoms with Gasteiger partial charge in [-0.2, -0.15) is 9.40 Å². The summed E-state index contributed by atoms with van der Waals surface area (Å²) in [5.41, 5.74) is 5.98. The Morgan fingerprint density at radius 2 is 2.03 bits per heavy atom. The first-order chi connectivity index (χ1) is 14.6. The number of H-pyrrole nitrogens is 1. The number of nitrogens with one attached hydrogen (secondary N) is 1. The summed E-state index contributed by atoms with van der Waals surface area (Å²) in [5, 5.41) is 6.22. The van der Waals surface area contributed by atoms with Crippen LogP contribution in [0.4, 0.5) is 4.39 Å². The van der Waals surface area contributed by atoms with Gasteiger partial charge >= 0.3 is 0 Å². The smallest absolute Gasteiger partial charge is 0.252 e. The Morgan fingerprint density at radius 3 is 2.61 bits per heavy atom. The third kappa shape index (κ3) is 4.81.